The molecule has 0 aromatic heterocycles. The molecule has 0 amide bonds. The van der Waals surface area contributed by atoms with Crippen molar-refractivity contribution >= 4 is 7.82 Å². The third kappa shape index (κ3) is 8010. The van der Waals surface area contributed by atoms with E-state index in [4.69, 9.17) is 29.4 Å². The quantitative estimate of drug-likeness (QED) is 0.472. The van der Waals surface area contributed by atoms with Crippen molar-refractivity contribution in [1.29, 1.82) is 0 Å². The maximum atomic E-state index is 8.88. The third-order valence-corrected chi connectivity index (χ3v) is 0. The van der Waals surface area contributed by atoms with Crippen molar-refractivity contribution in [2.75, 3.05) is 0 Å². The summed E-state index contributed by atoms with van der Waals surface area (Å²) in [6.45, 7) is 0. The first-order valence-electron chi connectivity index (χ1n) is 1.28. The molecular weight excluding hydrogens is 327 g/mol. The first kappa shape index (κ1) is 11.9. The fraction of sp³-hybridized carbons (Fsp3) is 0. The van der Waals surface area contributed by atoms with E-state index in [0.29, 0.717) is 0 Å². The maximum absolute atomic E-state index is 8.88. The van der Waals surface area contributed by atoms with Gasteiger partial charge in [0.15, 0.2) is 0 Å². The molecule has 0 aliphatic carbocycles. The molecule has 0 rings (SSSR count). The molecule has 56 valence electrons. The zero-order chi connectivity index (χ0) is 8.08. The number of hydrogen-bond donors (Lipinski definition) is 3. The van der Waals surface area contributed by atoms with E-state index in [9.17, 15) is 0 Å². The zero-order valence-electron chi connectivity index (χ0n) is 3.83. The van der Waals surface area contributed by atoms with Crippen LogP contribution in [-0.2, 0) is 32.0 Å². The second-order valence-electron chi connectivity index (χ2n) is 0.717. The Morgan fingerprint density at radius 2 is 1.00 bits per heavy atom. The van der Waals surface area contributed by atoms with Crippen LogP contribution in [0.5, 0.6) is 0 Å². The molecule has 0 aromatic rings. The van der Waals surface area contributed by atoms with Gasteiger partial charge in [-0.1, -0.05) is 0 Å². The molecule has 0 radical (unpaired) electrons. The summed E-state index contributed by atoms with van der Waals surface area (Å²) in [5.41, 5.74) is 0. The van der Waals surface area contributed by atoms with Crippen LogP contribution < -0.4 is 0 Å². The molecule has 0 fully saturated rings. The summed E-state index contributed by atoms with van der Waals surface area (Å²) in [6, 6.07) is 0. The Balaban J connectivity index is 0. The van der Waals surface area contributed by atoms with Gasteiger partial charge in [-0.15, -0.1) is 0 Å². The number of hydrogen-bond acceptors (Lipinski definition) is 4. The first-order valence-corrected chi connectivity index (χ1v) is 6.44. The van der Waals surface area contributed by atoms with Crippen LogP contribution in [0.1, 0.15) is 0 Å². The Bertz CT molecular complexity index is 173. The predicted molar refractivity (Wildman–Crippen MR) is 16.3 cm³/mol. The van der Waals surface area contributed by atoms with Crippen LogP contribution in [0.15, 0.2) is 0 Å². The monoisotopic (exact) mass is 330 g/mol. The van der Waals surface area contributed by atoms with Gasteiger partial charge in [-0.05, 0) is 0 Å². The molecule has 9 heteroatoms. The fourth-order valence-electron chi connectivity index (χ4n) is 0. The summed E-state index contributed by atoms with van der Waals surface area (Å²) in [5.74, 6) is 0. The average molecular weight is 330 g/mol. The van der Waals surface area contributed by atoms with Gasteiger partial charge < -0.3 is 14.7 Å². The van der Waals surface area contributed by atoms with E-state index >= 15 is 0 Å². The van der Waals surface area contributed by atoms with Crippen molar-refractivity contribution in [2.24, 2.45) is 0 Å². The van der Waals surface area contributed by atoms with E-state index in [1.165, 1.54) is 0 Å². The molecule has 7 nitrogen and oxygen atoms in total. The van der Waals surface area contributed by atoms with Gasteiger partial charge in [0.1, 0.15) is 0 Å². The molecule has 3 N–H and O–H groups in total. The first-order chi connectivity index (χ1) is 3.73. The van der Waals surface area contributed by atoms with Gasteiger partial charge >= 0.3 is 35.2 Å². The SMILES string of the molecule is O=P(O)(O)O.[O]=[W](=[O])=[O]. The third-order valence-electron chi connectivity index (χ3n) is 0. The molecular formula is H3O7PW. The summed E-state index contributed by atoms with van der Waals surface area (Å²) in [7, 11) is -4.64. The summed E-state index contributed by atoms with van der Waals surface area (Å²) in [4.78, 5) is 21.6. The molecule has 0 aliphatic rings. The van der Waals surface area contributed by atoms with Gasteiger partial charge in [-0.2, -0.15) is 0 Å². The Kier molecular flexibility index (Phi) is 6.66. The van der Waals surface area contributed by atoms with Crippen molar-refractivity contribution < 1.29 is 46.6 Å². The van der Waals surface area contributed by atoms with Crippen molar-refractivity contribution in [3.8, 4) is 0 Å². The molecule has 0 saturated heterocycles. The van der Waals surface area contributed by atoms with Crippen LogP contribution in [0.3, 0.4) is 0 Å². The Hall–Kier alpha value is 0.198. The van der Waals surface area contributed by atoms with Crippen LogP contribution in [0.4, 0.5) is 0 Å². The van der Waals surface area contributed by atoms with E-state index in [-0.39, 0.29) is 0 Å². The van der Waals surface area contributed by atoms with Crippen LogP contribution in [-0.4, -0.2) is 14.7 Å². The zero-order valence-corrected chi connectivity index (χ0v) is 7.66. The summed E-state index contributed by atoms with van der Waals surface area (Å²) < 4.78 is 34.7. The van der Waals surface area contributed by atoms with E-state index < -0.39 is 25.0 Å². The van der Waals surface area contributed by atoms with Crippen molar-refractivity contribution in [3.63, 3.8) is 0 Å². The average Bonchev–Trinajstić information content (AvgIpc) is 1.19. The normalized spacial score (nSPS) is 9.22. The molecule has 0 aromatic carbocycles. The van der Waals surface area contributed by atoms with Gasteiger partial charge in [-0.25, -0.2) is 4.57 Å². The summed E-state index contributed by atoms with van der Waals surface area (Å²) in [6.07, 6.45) is 0. The van der Waals surface area contributed by atoms with Gasteiger partial charge in [-0.3, -0.25) is 0 Å². The van der Waals surface area contributed by atoms with Gasteiger partial charge in [0.2, 0.25) is 0 Å². The fourth-order valence-corrected chi connectivity index (χ4v) is 0. The Morgan fingerprint density at radius 3 is 1.00 bits per heavy atom. The molecule has 0 heterocycles. The van der Waals surface area contributed by atoms with E-state index in [1.54, 1.807) is 0 Å². The molecule has 9 heavy (non-hydrogen) atoms. The summed E-state index contributed by atoms with van der Waals surface area (Å²) in [5, 5.41) is 0. The predicted octanol–water partition coefficient (Wildman–Crippen LogP) is -1.29. The number of rotatable bonds is 0. The minimum atomic E-state index is -4.64. The molecule has 0 spiro atoms. The molecule has 0 saturated carbocycles. The van der Waals surface area contributed by atoms with Crippen molar-refractivity contribution in [3.05, 3.63) is 0 Å². The summed E-state index contributed by atoms with van der Waals surface area (Å²) >= 11 is -4.28. The van der Waals surface area contributed by atoms with Crippen LogP contribution in [0.25, 0.3) is 0 Å². The van der Waals surface area contributed by atoms with Gasteiger partial charge in [0, 0.05) is 0 Å². The number of phosphoric acid groups is 1. The van der Waals surface area contributed by atoms with E-state index in [0.717, 1.165) is 0 Å². The molecule has 0 atom stereocenters. The van der Waals surface area contributed by atoms with E-state index in [2.05, 4.69) is 0 Å². The molecule has 0 bridgehead atoms. The standard InChI is InChI=1S/H3O4P.3O.W/c1-5(2,3)4;;;;/h(H3,1,2,3,4);;;;. The molecule has 0 aliphatic heterocycles. The van der Waals surface area contributed by atoms with Crippen molar-refractivity contribution in [1.82, 2.24) is 0 Å². The van der Waals surface area contributed by atoms with Gasteiger partial charge in [0.25, 0.3) is 0 Å². The van der Waals surface area contributed by atoms with Crippen LogP contribution in [0, 0.1) is 0 Å². The Morgan fingerprint density at radius 1 is 1.00 bits per heavy atom. The minimum absolute atomic E-state index is 4.28. The van der Waals surface area contributed by atoms with E-state index in [1.807, 2.05) is 0 Å². The van der Waals surface area contributed by atoms with Crippen molar-refractivity contribution in [2.45, 2.75) is 0 Å². The Labute approximate surface area is 55.0 Å². The van der Waals surface area contributed by atoms with Gasteiger partial charge in [0.05, 0.1) is 0 Å². The van der Waals surface area contributed by atoms with Crippen LogP contribution in [0.2, 0.25) is 0 Å². The second-order valence-corrected chi connectivity index (χ2v) is 3.21. The molecule has 0 unspecified atom stereocenters. The van der Waals surface area contributed by atoms with Crippen LogP contribution >= 0.6 is 7.82 Å². The topological polar surface area (TPSA) is 129 Å². The second kappa shape index (κ2) is 5.02.